The molecular formula is C10H14N2O. The second-order valence-electron chi connectivity index (χ2n) is 3.29. The van der Waals surface area contributed by atoms with Crippen molar-refractivity contribution in [3.63, 3.8) is 0 Å². The first-order valence-corrected chi connectivity index (χ1v) is 4.65. The van der Waals surface area contributed by atoms with Gasteiger partial charge in [-0.15, -0.1) is 0 Å². The lowest BCUT2D eigenvalue weighted by atomic mass is 10.1. The molecule has 3 heteroatoms. The van der Waals surface area contributed by atoms with Crippen LogP contribution < -0.4 is 5.32 Å². The van der Waals surface area contributed by atoms with Crippen LogP contribution in [0.25, 0.3) is 0 Å². The van der Waals surface area contributed by atoms with Crippen LogP contribution in [0, 0.1) is 0 Å². The van der Waals surface area contributed by atoms with Crippen LogP contribution in [-0.4, -0.2) is 30.8 Å². The molecule has 1 aromatic rings. The highest BCUT2D eigenvalue weighted by atomic mass is 16.5. The number of pyridine rings is 1. The van der Waals surface area contributed by atoms with Gasteiger partial charge in [0.2, 0.25) is 0 Å². The molecule has 0 radical (unpaired) electrons. The van der Waals surface area contributed by atoms with E-state index in [0.717, 1.165) is 26.2 Å². The monoisotopic (exact) mass is 178 g/mol. The zero-order chi connectivity index (χ0) is 8.93. The van der Waals surface area contributed by atoms with Crippen molar-refractivity contribution >= 4 is 0 Å². The fourth-order valence-electron chi connectivity index (χ4n) is 1.55. The maximum Gasteiger partial charge on any atom is 0.0623 e. The molecular weight excluding hydrogens is 164 g/mol. The van der Waals surface area contributed by atoms with E-state index >= 15 is 0 Å². The Morgan fingerprint density at radius 1 is 1.46 bits per heavy atom. The van der Waals surface area contributed by atoms with Crippen LogP contribution in [0.4, 0.5) is 0 Å². The van der Waals surface area contributed by atoms with Gasteiger partial charge < -0.3 is 10.1 Å². The zero-order valence-electron chi connectivity index (χ0n) is 7.57. The highest BCUT2D eigenvalue weighted by Gasteiger charge is 2.12. The number of hydrogen-bond acceptors (Lipinski definition) is 3. The number of ether oxygens (including phenoxy) is 1. The second-order valence-corrected chi connectivity index (χ2v) is 3.29. The maximum absolute atomic E-state index is 5.38. The van der Waals surface area contributed by atoms with Crippen molar-refractivity contribution in [3.8, 4) is 0 Å². The molecule has 1 fully saturated rings. The van der Waals surface area contributed by atoms with E-state index in [1.807, 2.05) is 12.4 Å². The number of rotatable bonds is 2. The Hall–Kier alpha value is -0.930. The molecule has 0 aromatic carbocycles. The smallest absolute Gasteiger partial charge is 0.0623 e. The van der Waals surface area contributed by atoms with Gasteiger partial charge in [-0.05, 0) is 24.1 Å². The van der Waals surface area contributed by atoms with Gasteiger partial charge in [-0.25, -0.2) is 0 Å². The molecule has 1 unspecified atom stereocenters. The van der Waals surface area contributed by atoms with Crippen LogP contribution in [0.15, 0.2) is 24.5 Å². The molecule has 0 saturated carbocycles. The number of aromatic nitrogens is 1. The summed E-state index contributed by atoms with van der Waals surface area (Å²) in [6.45, 7) is 2.63. The van der Waals surface area contributed by atoms with Crippen LogP contribution in [0.1, 0.15) is 5.56 Å². The number of hydrogen-bond donors (Lipinski definition) is 1. The van der Waals surface area contributed by atoms with E-state index in [-0.39, 0.29) is 0 Å². The molecule has 1 saturated heterocycles. The fraction of sp³-hybridized carbons (Fsp3) is 0.500. The molecule has 1 N–H and O–H groups in total. The van der Waals surface area contributed by atoms with E-state index in [0.29, 0.717) is 6.04 Å². The molecule has 0 bridgehead atoms. The lowest BCUT2D eigenvalue weighted by Crippen LogP contribution is -2.42. The molecule has 2 rings (SSSR count). The minimum Gasteiger partial charge on any atom is -0.379 e. The molecule has 1 atom stereocenters. The lowest BCUT2D eigenvalue weighted by molar-refractivity contribution is 0.0770. The number of nitrogens with zero attached hydrogens (tertiary/aromatic N) is 1. The van der Waals surface area contributed by atoms with Crippen LogP contribution in [0.2, 0.25) is 0 Å². The summed E-state index contributed by atoms with van der Waals surface area (Å²) in [6, 6.07) is 4.57. The first kappa shape index (κ1) is 8.66. The van der Waals surface area contributed by atoms with Gasteiger partial charge in [0.1, 0.15) is 0 Å². The van der Waals surface area contributed by atoms with Crippen LogP contribution in [0.3, 0.4) is 0 Å². The Bertz CT molecular complexity index is 244. The van der Waals surface area contributed by atoms with E-state index in [4.69, 9.17) is 4.74 Å². The highest BCUT2D eigenvalue weighted by molar-refractivity contribution is 5.11. The van der Waals surface area contributed by atoms with Gasteiger partial charge in [-0.3, -0.25) is 4.98 Å². The molecule has 13 heavy (non-hydrogen) atoms. The van der Waals surface area contributed by atoms with Crippen molar-refractivity contribution in [2.45, 2.75) is 12.5 Å². The van der Waals surface area contributed by atoms with E-state index < -0.39 is 0 Å². The Balaban J connectivity index is 1.90. The van der Waals surface area contributed by atoms with Crippen molar-refractivity contribution in [2.24, 2.45) is 0 Å². The number of nitrogens with one attached hydrogen (secondary N) is 1. The average Bonchev–Trinajstić information content (AvgIpc) is 2.21. The molecule has 1 aromatic heterocycles. The predicted molar refractivity (Wildman–Crippen MR) is 50.6 cm³/mol. The van der Waals surface area contributed by atoms with E-state index in [1.165, 1.54) is 5.56 Å². The number of morpholine rings is 1. The molecule has 70 valence electrons. The molecule has 0 aliphatic carbocycles. The average molecular weight is 178 g/mol. The van der Waals surface area contributed by atoms with Gasteiger partial charge in [0.05, 0.1) is 13.2 Å². The summed E-state index contributed by atoms with van der Waals surface area (Å²) in [6.07, 6.45) is 4.69. The minimum absolute atomic E-state index is 0.469. The summed E-state index contributed by atoms with van der Waals surface area (Å²) in [4.78, 5) is 3.99. The third kappa shape index (κ3) is 2.50. The summed E-state index contributed by atoms with van der Waals surface area (Å²) in [5.41, 5.74) is 1.32. The van der Waals surface area contributed by atoms with Crippen LogP contribution in [0.5, 0.6) is 0 Å². The summed E-state index contributed by atoms with van der Waals surface area (Å²) < 4.78 is 5.38. The molecule has 0 spiro atoms. The third-order valence-electron chi connectivity index (χ3n) is 2.23. The standard InChI is InChI=1S/C10H14N2O/c1-3-11-4-2-9(1)7-10-8-13-6-5-12-10/h1-4,10,12H,5-8H2. The largest absolute Gasteiger partial charge is 0.379 e. The van der Waals surface area contributed by atoms with Crippen molar-refractivity contribution in [3.05, 3.63) is 30.1 Å². The van der Waals surface area contributed by atoms with Gasteiger partial charge in [-0.1, -0.05) is 0 Å². The summed E-state index contributed by atoms with van der Waals surface area (Å²) in [5.74, 6) is 0. The van der Waals surface area contributed by atoms with Crippen molar-refractivity contribution in [2.75, 3.05) is 19.8 Å². The second kappa shape index (κ2) is 4.35. The first-order chi connectivity index (χ1) is 6.45. The summed E-state index contributed by atoms with van der Waals surface area (Å²) in [5, 5.41) is 3.42. The maximum atomic E-state index is 5.38. The van der Waals surface area contributed by atoms with E-state index in [9.17, 15) is 0 Å². The van der Waals surface area contributed by atoms with Gasteiger partial charge in [0.15, 0.2) is 0 Å². The normalized spacial score (nSPS) is 22.9. The molecule has 0 amide bonds. The lowest BCUT2D eigenvalue weighted by Gasteiger charge is -2.23. The van der Waals surface area contributed by atoms with Crippen molar-refractivity contribution in [1.82, 2.24) is 10.3 Å². The van der Waals surface area contributed by atoms with Crippen molar-refractivity contribution < 1.29 is 4.74 Å². The Morgan fingerprint density at radius 3 is 3.00 bits per heavy atom. The Labute approximate surface area is 78.1 Å². The fourth-order valence-corrected chi connectivity index (χ4v) is 1.55. The third-order valence-corrected chi connectivity index (χ3v) is 2.23. The van der Waals surface area contributed by atoms with Crippen LogP contribution >= 0.6 is 0 Å². The molecule has 1 aliphatic heterocycles. The van der Waals surface area contributed by atoms with E-state index in [2.05, 4.69) is 22.4 Å². The Morgan fingerprint density at radius 2 is 2.31 bits per heavy atom. The predicted octanol–water partition coefficient (Wildman–Crippen LogP) is 0.612. The molecule has 3 nitrogen and oxygen atoms in total. The molecule has 2 heterocycles. The zero-order valence-corrected chi connectivity index (χ0v) is 7.57. The Kier molecular flexibility index (Phi) is 2.90. The summed E-state index contributed by atoms with van der Waals surface area (Å²) >= 11 is 0. The van der Waals surface area contributed by atoms with E-state index in [1.54, 1.807) is 0 Å². The van der Waals surface area contributed by atoms with Crippen LogP contribution in [-0.2, 0) is 11.2 Å². The molecule has 1 aliphatic rings. The van der Waals surface area contributed by atoms with Gasteiger partial charge >= 0.3 is 0 Å². The quantitative estimate of drug-likeness (QED) is 0.720. The highest BCUT2D eigenvalue weighted by Crippen LogP contribution is 2.03. The summed E-state index contributed by atoms with van der Waals surface area (Å²) in [7, 11) is 0. The van der Waals surface area contributed by atoms with Gasteiger partial charge in [-0.2, -0.15) is 0 Å². The topological polar surface area (TPSA) is 34.1 Å². The first-order valence-electron chi connectivity index (χ1n) is 4.65. The van der Waals surface area contributed by atoms with Crippen molar-refractivity contribution in [1.29, 1.82) is 0 Å². The minimum atomic E-state index is 0.469. The SMILES string of the molecule is c1cc(CC2COCCN2)ccn1. The van der Waals surface area contributed by atoms with Gasteiger partial charge in [0, 0.05) is 25.0 Å². The van der Waals surface area contributed by atoms with Gasteiger partial charge in [0.25, 0.3) is 0 Å².